The lowest BCUT2D eigenvalue weighted by molar-refractivity contribution is 0.00827. The smallest absolute Gasteiger partial charge is 0.0900 e. The number of ether oxygens (including phenoxy) is 1. The van der Waals surface area contributed by atoms with Crippen molar-refractivity contribution >= 4 is 0 Å². The maximum Gasteiger partial charge on any atom is 0.0900 e. The molecule has 0 saturated carbocycles. The van der Waals surface area contributed by atoms with E-state index < -0.39 is 6.10 Å². The van der Waals surface area contributed by atoms with Gasteiger partial charge in [-0.25, -0.2) is 0 Å². The van der Waals surface area contributed by atoms with Crippen LogP contribution in [0.3, 0.4) is 0 Å². The van der Waals surface area contributed by atoms with E-state index in [2.05, 4.69) is 41.8 Å². The summed E-state index contributed by atoms with van der Waals surface area (Å²) in [7, 11) is 2.05. The highest BCUT2D eigenvalue weighted by Gasteiger charge is 2.13. The van der Waals surface area contributed by atoms with Crippen molar-refractivity contribution in [1.82, 2.24) is 9.47 Å². The van der Waals surface area contributed by atoms with Crippen LogP contribution in [0.25, 0.3) is 0 Å². The van der Waals surface area contributed by atoms with Gasteiger partial charge in [0.15, 0.2) is 0 Å². The van der Waals surface area contributed by atoms with Crippen LogP contribution in [-0.4, -0.2) is 40.4 Å². The van der Waals surface area contributed by atoms with Gasteiger partial charge in [-0.2, -0.15) is 0 Å². The molecule has 1 heterocycles. The third-order valence-electron chi connectivity index (χ3n) is 3.87. The van der Waals surface area contributed by atoms with Gasteiger partial charge >= 0.3 is 0 Å². The Morgan fingerprint density at radius 1 is 1.17 bits per heavy atom. The lowest BCUT2D eigenvalue weighted by Gasteiger charge is -2.25. The van der Waals surface area contributed by atoms with Gasteiger partial charge in [0.1, 0.15) is 0 Å². The summed E-state index contributed by atoms with van der Waals surface area (Å²) in [6, 6.07) is 14.2. The second-order valence-corrected chi connectivity index (χ2v) is 6.00. The fourth-order valence-corrected chi connectivity index (χ4v) is 2.68. The Morgan fingerprint density at radius 3 is 2.61 bits per heavy atom. The standard InChI is InChI=1S/C19H28N2O2/c1-3-11-21(13-18-10-7-12-20(18)2)14-19(22)16-23-15-17-8-5-4-6-9-17/h4-10,12,19,22H,3,11,13-16H2,1-2H3/t19-/m1/s1. The molecule has 0 amide bonds. The Labute approximate surface area is 139 Å². The minimum absolute atomic E-state index is 0.363. The Morgan fingerprint density at radius 2 is 1.96 bits per heavy atom. The molecule has 2 aromatic rings. The summed E-state index contributed by atoms with van der Waals surface area (Å²) in [5, 5.41) is 10.2. The highest BCUT2D eigenvalue weighted by atomic mass is 16.5. The van der Waals surface area contributed by atoms with Crippen LogP contribution in [0.2, 0.25) is 0 Å². The fraction of sp³-hybridized carbons (Fsp3) is 0.474. The lowest BCUT2D eigenvalue weighted by atomic mass is 10.2. The molecule has 0 aliphatic rings. The molecule has 1 N–H and O–H groups in total. The summed E-state index contributed by atoms with van der Waals surface area (Å²) in [6.45, 7) is 5.53. The second-order valence-electron chi connectivity index (χ2n) is 6.00. The third-order valence-corrected chi connectivity index (χ3v) is 3.87. The number of rotatable bonds is 10. The van der Waals surface area contributed by atoms with Gasteiger partial charge in [-0.05, 0) is 30.7 Å². The molecule has 1 aromatic carbocycles. The quantitative estimate of drug-likeness (QED) is 0.732. The van der Waals surface area contributed by atoms with Crippen LogP contribution in [-0.2, 0) is 24.9 Å². The van der Waals surface area contributed by atoms with Crippen LogP contribution in [0.15, 0.2) is 48.7 Å². The molecule has 0 spiro atoms. The minimum Gasteiger partial charge on any atom is -0.389 e. The van der Waals surface area contributed by atoms with E-state index in [1.54, 1.807) is 0 Å². The molecule has 4 nitrogen and oxygen atoms in total. The highest BCUT2D eigenvalue weighted by molar-refractivity contribution is 5.13. The number of nitrogens with zero attached hydrogens (tertiary/aromatic N) is 2. The molecule has 0 bridgehead atoms. The first kappa shape index (κ1) is 17.7. The summed E-state index contributed by atoms with van der Waals surface area (Å²) in [4.78, 5) is 2.28. The number of benzene rings is 1. The van der Waals surface area contributed by atoms with E-state index in [1.807, 2.05) is 30.3 Å². The summed E-state index contributed by atoms with van der Waals surface area (Å²) in [5.41, 5.74) is 2.39. The van der Waals surface area contributed by atoms with Crippen molar-refractivity contribution in [3.8, 4) is 0 Å². The predicted octanol–water partition coefficient (Wildman–Crippen LogP) is 2.81. The summed E-state index contributed by atoms with van der Waals surface area (Å²) >= 11 is 0. The molecule has 23 heavy (non-hydrogen) atoms. The van der Waals surface area contributed by atoms with Crippen molar-refractivity contribution in [2.75, 3.05) is 19.7 Å². The molecular weight excluding hydrogens is 288 g/mol. The topological polar surface area (TPSA) is 37.6 Å². The number of hydrogen-bond donors (Lipinski definition) is 1. The third kappa shape index (κ3) is 6.18. The van der Waals surface area contributed by atoms with E-state index in [-0.39, 0.29) is 0 Å². The van der Waals surface area contributed by atoms with Gasteiger partial charge in [0, 0.05) is 32.0 Å². The number of aromatic nitrogens is 1. The van der Waals surface area contributed by atoms with Gasteiger partial charge in [-0.15, -0.1) is 0 Å². The van der Waals surface area contributed by atoms with Crippen LogP contribution in [0, 0.1) is 0 Å². The molecule has 1 aromatic heterocycles. The maximum absolute atomic E-state index is 10.2. The Hall–Kier alpha value is -1.62. The van der Waals surface area contributed by atoms with Gasteiger partial charge in [0.2, 0.25) is 0 Å². The van der Waals surface area contributed by atoms with Crippen molar-refractivity contribution in [2.45, 2.75) is 32.6 Å². The molecule has 0 aliphatic heterocycles. The zero-order valence-electron chi connectivity index (χ0n) is 14.2. The van der Waals surface area contributed by atoms with Crippen molar-refractivity contribution < 1.29 is 9.84 Å². The Balaban J connectivity index is 1.76. The lowest BCUT2D eigenvalue weighted by Crippen LogP contribution is -2.35. The van der Waals surface area contributed by atoms with Gasteiger partial charge in [0.25, 0.3) is 0 Å². The fourth-order valence-electron chi connectivity index (χ4n) is 2.68. The molecule has 126 valence electrons. The normalized spacial score (nSPS) is 12.7. The maximum atomic E-state index is 10.2. The van der Waals surface area contributed by atoms with Crippen LogP contribution < -0.4 is 0 Å². The Bertz CT molecular complexity index is 554. The van der Waals surface area contributed by atoms with Crippen molar-refractivity contribution in [1.29, 1.82) is 0 Å². The molecule has 2 rings (SSSR count). The first-order chi connectivity index (χ1) is 11.2. The first-order valence-electron chi connectivity index (χ1n) is 8.31. The predicted molar refractivity (Wildman–Crippen MR) is 93.1 cm³/mol. The van der Waals surface area contributed by atoms with E-state index in [4.69, 9.17) is 4.74 Å². The molecule has 0 unspecified atom stereocenters. The first-order valence-corrected chi connectivity index (χ1v) is 8.31. The van der Waals surface area contributed by atoms with Crippen LogP contribution in [0.1, 0.15) is 24.6 Å². The van der Waals surface area contributed by atoms with E-state index in [1.165, 1.54) is 5.69 Å². The molecule has 0 saturated heterocycles. The highest BCUT2D eigenvalue weighted by Crippen LogP contribution is 2.07. The molecule has 0 aliphatic carbocycles. The molecule has 0 radical (unpaired) electrons. The van der Waals surface area contributed by atoms with Gasteiger partial charge in [0.05, 0.1) is 19.3 Å². The SMILES string of the molecule is CCCN(Cc1cccn1C)C[C@@H](O)COCc1ccccc1. The molecule has 0 fully saturated rings. The zero-order chi connectivity index (χ0) is 16.5. The van der Waals surface area contributed by atoms with E-state index in [0.717, 1.165) is 25.1 Å². The van der Waals surface area contributed by atoms with Gasteiger partial charge in [-0.1, -0.05) is 37.3 Å². The van der Waals surface area contributed by atoms with Crippen LogP contribution >= 0.6 is 0 Å². The van der Waals surface area contributed by atoms with E-state index >= 15 is 0 Å². The Kier molecular flexibility index (Phi) is 7.33. The minimum atomic E-state index is -0.467. The van der Waals surface area contributed by atoms with Crippen molar-refractivity contribution in [2.24, 2.45) is 7.05 Å². The van der Waals surface area contributed by atoms with Crippen molar-refractivity contribution in [3.63, 3.8) is 0 Å². The average Bonchev–Trinajstić information content (AvgIpc) is 2.94. The summed E-state index contributed by atoms with van der Waals surface area (Å²) in [6.07, 6.45) is 2.66. The average molecular weight is 316 g/mol. The number of hydrogen-bond acceptors (Lipinski definition) is 3. The summed E-state index contributed by atoms with van der Waals surface area (Å²) < 4.78 is 7.76. The van der Waals surface area contributed by atoms with E-state index in [9.17, 15) is 5.11 Å². The van der Waals surface area contributed by atoms with Crippen LogP contribution in [0.5, 0.6) is 0 Å². The largest absolute Gasteiger partial charge is 0.389 e. The van der Waals surface area contributed by atoms with Crippen molar-refractivity contribution in [3.05, 3.63) is 59.9 Å². The molecular formula is C19H28N2O2. The van der Waals surface area contributed by atoms with Crippen LogP contribution in [0.4, 0.5) is 0 Å². The molecule has 1 atom stereocenters. The molecule has 4 heteroatoms. The number of aryl methyl sites for hydroxylation is 1. The second kappa shape index (κ2) is 9.50. The zero-order valence-corrected chi connectivity index (χ0v) is 14.2. The monoisotopic (exact) mass is 316 g/mol. The number of aliphatic hydroxyl groups is 1. The van der Waals surface area contributed by atoms with E-state index in [0.29, 0.717) is 19.8 Å². The number of aliphatic hydroxyl groups excluding tert-OH is 1. The summed E-state index contributed by atoms with van der Waals surface area (Å²) in [5.74, 6) is 0. The van der Waals surface area contributed by atoms with Gasteiger partial charge < -0.3 is 14.4 Å². The van der Waals surface area contributed by atoms with Gasteiger partial charge in [-0.3, -0.25) is 4.90 Å².